The van der Waals surface area contributed by atoms with E-state index in [2.05, 4.69) is 144 Å². The van der Waals surface area contributed by atoms with Gasteiger partial charge in [0, 0.05) is 23.6 Å². The third-order valence-corrected chi connectivity index (χ3v) is 7.34. The highest BCUT2D eigenvalue weighted by Crippen LogP contribution is 2.36. The first kappa shape index (κ1) is 25.9. The minimum absolute atomic E-state index is 0.357. The van der Waals surface area contributed by atoms with Gasteiger partial charge in [0.05, 0.1) is 6.04 Å². The Hall–Kier alpha value is -3.13. The van der Waals surface area contributed by atoms with Crippen molar-refractivity contribution in [2.45, 2.75) is 86.1 Å². The summed E-state index contributed by atoms with van der Waals surface area (Å²) in [6.07, 6.45) is 2.39. The predicted octanol–water partition coefficient (Wildman–Crippen LogP) is 9.36. The van der Waals surface area contributed by atoms with E-state index >= 15 is 0 Å². The molecule has 0 bridgehead atoms. The van der Waals surface area contributed by atoms with Crippen LogP contribution in [0.5, 0.6) is 0 Å². The molecule has 0 N–H and O–H groups in total. The highest BCUT2D eigenvalue weighted by atomic mass is 15.2. The number of rotatable bonds is 7. The summed E-state index contributed by atoms with van der Waals surface area (Å²) in [6.45, 7) is 20.7. The predicted molar refractivity (Wildman–Crippen MR) is 154 cm³/mol. The van der Waals surface area contributed by atoms with Gasteiger partial charge in [-0.25, -0.2) is 4.57 Å². The van der Waals surface area contributed by atoms with Crippen LogP contribution < -0.4 is 4.57 Å². The summed E-state index contributed by atoms with van der Waals surface area (Å²) in [5.41, 5.74) is 10.8. The van der Waals surface area contributed by atoms with Crippen molar-refractivity contribution in [2.75, 3.05) is 0 Å². The van der Waals surface area contributed by atoms with Crippen LogP contribution in [-0.2, 0) is 0 Å². The molecular weight excluding hydrogens is 436 g/mol. The topological polar surface area (TPSA) is 8.81 Å². The van der Waals surface area contributed by atoms with Crippen LogP contribution in [0, 0.1) is 6.92 Å². The molecule has 4 aromatic rings. The van der Waals surface area contributed by atoms with E-state index in [0.29, 0.717) is 23.8 Å². The van der Waals surface area contributed by atoms with Crippen molar-refractivity contribution >= 4 is 0 Å². The van der Waals surface area contributed by atoms with E-state index in [4.69, 9.17) is 0 Å². The summed E-state index contributed by atoms with van der Waals surface area (Å²) in [5, 5.41) is 0. The van der Waals surface area contributed by atoms with E-state index in [9.17, 15) is 0 Å². The fraction of sp³-hybridized carbons (Fsp3) is 0.382. The average Bonchev–Trinajstić information content (AvgIpc) is 3.20. The van der Waals surface area contributed by atoms with Crippen LogP contribution in [0.1, 0.15) is 102 Å². The lowest BCUT2D eigenvalue weighted by atomic mass is 9.88. The summed E-state index contributed by atoms with van der Waals surface area (Å²) in [6, 6.07) is 24.9. The molecule has 0 saturated heterocycles. The maximum Gasteiger partial charge on any atom is 0.259 e. The summed E-state index contributed by atoms with van der Waals surface area (Å²) < 4.78 is 4.99. The van der Waals surface area contributed by atoms with Crippen molar-refractivity contribution in [3.63, 3.8) is 0 Å². The van der Waals surface area contributed by atoms with Crippen LogP contribution in [-0.4, -0.2) is 4.57 Å². The van der Waals surface area contributed by atoms with Gasteiger partial charge in [-0.2, -0.15) is 4.57 Å². The van der Waals surface area contributed by atoms with Crippen LogP contribution in [0.25, 0.3) is 28.1 Å². The first-order chi connectivity index (χ1) is 17.1. The van der Waals surface area contributed by atoms with Crippen molar-refractivity contribution in [3.8, 4) is 28.1 Å². The first-order valence-corrected chi connectivity index (χ1v) is 13.6. The molecule has 3 aromatic carbocycles. The number of aromatic nitrogens is 2. The van der Waals surface area contributed by atoms with E-state index in [1.54, 1.807) is 0 Å². The van der Waals surface area contributed by atoms with Gasteiger partial charge in [-0.05, 0) is 60.4 Å². The molecule has 1 heterocycles. The normalized spacial score (nSPS) is 11.9. The van der Waals surface area contributed by atoms with Crippen molar-refractivity contribution in [1.29, 1.82) is 0 Å². The Morgan fingerprint density at radius 2 is 1.14 bits per heavy atom. The summed E-state index contributed by atoms with van der Waals surface area (Å²) in [5.74, 6) is 2.55. The van der Waals surface area contributed by atoms with Gasteiger partial charge in [0.1, 0.15) is 11.9 Å². The average molecular weight is 480 g/mol. The lowest BCUT2D eigenvalue weighted by Crippen LogP contribution is -2.36. The molecule has 4 rings (SSSR count). The minimum Gasteiger partial charge on any atom is -0.225 e. The van der Waals surface area contributed by atoms with Gasteiger partial charge in [0.25, 0.3) is 5.82 Å². The Morgan fingerprint density at radius 1 is 0.611 bits per heavy atom. The standard InChI is InChI=1S/C34H43N2/c1-22(2)29-17-13-14-18-30(29)33-21-35(26(9)36(33)25(7)8)34-31(23(3)4)19-28(20-32(34)24(5)6)27-15-11-10-12-16-27/h10-25H,1-9H3/q+1. The van der Waals surface area contributed by atoms with Gasteiger partial charge in [0.15, 0.2) is 5.69 Å². The Balaban J connectivity index is 2.05. The quantitative estimate of drug-likeness (QED) is 0.233. The van der Waals surface area contributed by atoms with Gasteiger partial charge in [-0.15, -0.1) is 0 Å². The van der Waals surface area contributed by atoms with Crippen molar-refractivity contribution in [3.05, 3.63) is 95.4 Å². The fourth-order valence-corrected chi connectivity index (χ4v) is 5.52. The molecule has 1 aromatic heterocycles. The maximum absolute atomic E-state index is 2.51. The van der Waals surface area contributed by atoms with Crippen molar-refractivity contribution < 1.29 is 4.57 Å². The zero-order valence-corrected chi connectivity index (χ0v) is 23.6. The molecule has 0 radical (unpaired) electrons. The lowest BCUT2D eigenvalue weighted by Gasteiger charge is -2.20. The Morgan fingerprint density at radius 3 is 1.67 bits per heavy atom. The number of benzene rings is 3. The third kappa shape index (κ3) is 4.78. The van der Waals surface area contributed by atoms with E-state index in [-0.39, 0.29) is 0 Å². The van der Waals surface area contributed by atoms with Crippen LogP contribution in [0.15, 0.2) is 72.9 Å². The molecule has 36 heavy (non-hydrogen) atoms. The minimum atomic E-state index is 0.357. The highest BCUT2D eigenvalue weighted by molar-refractivity contribution is 5.69. The molecule has 2 heteroatoms. The number of imidazole rings is 1. The second-order valence-electron chi connectivity index (χ2n) is 11.3. The van der Waals surface area contributed by atoms with Crippen molar-refractivity contribution in [1.82, 2.24) is 4.57 Å². The smallest absolute Gasteiger partial charge is 0.225 e. The molecule has 2 nitrogen and oxygen atoms in total. The molecule has 0 unspecified atom stereocenters. The second kappa shape index (κ2) is 10.5. The largest absolute Gasteiger partial charge is 0.259 e. The molecule has 0 saturated carbocycles. The van der Waals surface area contributed by atoms with Crippen LogP contribution in [0.2, 0.25) is 0 Å². The van der Waals surface area contributed by atoms with Gasteiger partial charge >= 0.3 is 0 Å². The maximum atomic E-state index is 2.51. The highest BCUT2D eigenvalue weighted by Gasteiger charge is 2.30. The molecule has 0 amide bonds. The van der Waals surface area contributed by atoms with E-state index < -0.39 is 0 Å². The van der Waals surface area contributed by atoms with Crippen LogP contribution in [0.3, 0.4) is 0 Å². The molecule has 0 aliphatic carbocycles. The van der Waals surface area contributed by atoms with Crippen LogP contribution in [0.4, 0.5) is 0 Å². The van der Waals surface area contributed by atoms with E-state index in [1.807, 2.05) is 0 Å². The molecule has 0 aliphatic rings. The van der Waals surface area contributed by atoms with Crippen molar-refractivity contribution in [2.24, 2.45) is 0 Å². The summed E-state index contributed by atoms with van der Waals surface area (Å²) >= 11 is 0. The Kier molecular flexibility index (Phi) is 7.54. The molecule has 0 fully saturated rings. The Bertz CT molecular complexity index is 1310. The summed E-state index contributed by atoms with van der Waals surface area (Å²) in [7, 11) is 0. The third-order valence-electron chi connectivity index (χ3n) is 7.34. The number of hydrogen-bond acceptors (Lipinski definition) is 0. The number of nitrogens with zero attached hydrogens (tertiary/aromatic N) is 2. The molecule has 188 valence electrons. The first-order valence-electron chi connectivity index (χ1n) is 13.6. The molecule has 0 spiro atoms. The Labute approximate surface area is 218 Å². The fourth-order valence-electron chi connectivity index (χ4n) is 5.52. The molecule has 0 aliphatic heterocycles. The lowest BCUT2D eigenvalue weighted by molar-refractivity contribution is -0.603. The summed E-state index contributed by atoms with van der Waals surface area (Å²) in [4.78, 5) is 0. The molecule has 0 atom stereocenters. The number of hydrogen-bond donors (Lipinski definition) is 0. The molecular formula is C34H43N2+. The van der Waals surface area contributed by atoms with E-state index in [1.165, 1.54) is 50.6 Å². The monoisotopic (exact) mass is 479 g/mol. The van der Waals surface area contributed by atoms with E-state index in [0.717, 1.165) is 0 Å². The SMILES string of the molecule is Cc1n(C(C)C)c(-c2ccccc2C(C)C)c[n+]1-c1c(C(C)C)cc(-c2ccccc2)cc1C(C)C. The van der Waals surface area contributed by atoms with Gasteiger partial charge < -0.3 is 0 Å². The van der Waals surface area contributed by atoms with Crippen LogP contribution >= 0.6 is 0 Å². The second-order valence-corrected chi connectivity index (χ2v) is 11.3. The zero-order valence-electron chi connectivity index (χ0n) is 23.6. The van der Waals surface area contributed by atoms with Gasteiger partial charge in [0.2, 0.25) is 0 Å². The van der Waals surface area contributed by atoms with Gasteiger partial charge in [-0.1, -0.05) is 96.1 Å². The van der Waals surface area contributed by atoms with Gasteiger partial charge in [-0.3, -0.25) is 0 Å². The zero-order chi connectivity index (χ0) is 26.1.